The lowest BCUT2D eigenvalue weighted by Crippen LogP contribution is -2.16. The lowest BCUT2D eigenvalue weighted by Gasteiger charge is -2.05. The van der Waals surface area contributed by atoms with Crippen LogP contribution in [0.2, 0.25) is 0 Å². The molecule has 0 bridgehead atoms. The minimum absolute atomic E-state index is 0.139. The summed E-state index contributed by atoms with van der Waals surface area (Å²) in [5.74, 6) is -0.565. The molecule has 0 aromatic carbocycles. The van der Waals surface area contributed by atoms with Crippen LogP contribution in [0, 0.1) is 17.0 Å². The Labute approximate surface area is 122 Å². The largest absolute Gasteiger partial charge is 0.358 e. The molecule has 0 aliphatic rings. The van der Waals surface area contributed by atoms with Crippen molar-refractivity contribution in [1.82, 2.24) is 9.55 Å². The first-order chi connectivity index (χ1) is 9.40. The molecule has 0 saturated carbocycles. The summed E-state index contributed by atoms with van der Waals surface area (Å²) in [5.41, 5.74) is 1.61. The smallest absolute Gasteiger partial charge is 0.323 e. The normalized spacial score (nSPS) is 10.3. The van der Waals surface area contributed by atoms with Crippen molar-refractivity contribution in [3.63, 3.8) is 0 Å². The van der Waals surface area contributed by atoms with Gasteiger partial charge >= 0.3 is 5.82 Å². The molecule has 20 heavy (non-hydrogen) atoms. The summed E-state index contributed by atoms with van der Waals surface area (Å²) in [6.07, 6.45) is 1.51. The number of nitrogens with one attached hydrogen (secondary N) is 1. The number of aromatic nitrogens is 2. The fraction of sp³-hybridized carbons (Fsp3) is 0.167. The van der Waals surface area contributed by atoms with Crippen molar-refractivity contribution in [3.8, 4) is 0 Å². The van der Waals surface area contributed by atoms with Gasteiger partial charge in [-0.1, -0.05) is 0 Å². The molecule has 1 amide bonds. The van der Waals surface area contributed by atoms with Crippen molar-refractivity contribution in [2.45, 2.75) is 6.92 Å². The van der Waals surface area contributed by atoms with Crippen LogP contribution in [0.3, 0.4) is 0 Å². The number of hydrogen-bond donors (Lipinski definition) is 1. The molecule has 1 N–H and O–H groups in total. The first kappa shape index (κ1) is 14.2. The Morgan fingerprint density at radius 3 is 2.75 bits per heavy atom. The van der Waals surface area contributed by atoms with Crippen molar-refractivity contribution < 1.29 is 9.72 Å². The third kappa shape index (κ3) is 2.69. The Balaban J connectivity index is 2.24. The number of amides is 1. The lowest BCUT2D eigenvalue weighted by atomic mass is 10.3. The number of anilines is 1. The van der Waals surface area contributed by atoms with Gasteiger partial charge in [0.2, 0.25) is 0 Å². The molecule has 2 aromatic heterocycles. The van der Waals surface area contributed by atoms with Crippen LogP contribution < -0.4 is 5.32 Å². The highest BCUT2D eigenvalue weighted by Gasteiger charge is 2.20. The maximum absolute atomic E-state index is 12.1. The van der Waals surface area contributed by atoms with Gasteiger partial charge in [0.25, 0.3) is 5.91 Å². The summed E-state index contributed by atoms with van der Waals surface area (Å²) < 4.78 is 1.93. The number of carbonyl (C=O) groups is 1. The van der Waals surface area contributed by atoms with E-state index in [4.69, 9.17) is 0 Å². The van der Waals surface area contributed by atoms with Crippen LogP contribution in [-0.2, 0) is 7.05 Å². The average Bonchev–Trinajstić information content (AvgIpc) is 2.76. The Bertz CT molecular complexity index is 696. The Kier molecular flexibility index (Phi) is 3.84. The molecule has 0 spiro atoms. The van der Waals surface area contributed by atoms with Gasteiger partial charge in [0.15, 0.2) is 5.69 Å². The van der Waals surface area contributed by atoms with Crippen LogP contribution in [0.25, 0.3) is 0 Å². The third-order valence-corrected chi connectivity index (χ3v) is 3.62. The number of halogens is 1. The summed E-state index contributed by atoms with van der Waals surface area (Å²) in [7, 11) is 1.47. The van der Waals surface area contributed by atoms with Gasteiger partial charge < -0.3 is 15.4 Å². The fourth-order valence-electron chi connectivity index (χ4n) is 1.73. The van der Waals surface area contributed by atoms with E-state index in [-0.39, 0.29) is 11.5 Å². The van der Waals surface area contributed by atoms with Gasteiger partial charge in [0, 0.05) is 6.07 Å². The zero-order valence-electron chi connectivity index (χ0n) is 10.8. The highest BCUT2D eigenvalue weighted by molar-refractivity contribution is 9.10. The molecule has 0 atom stereocenters. The van der Waals surface area contributed by atoms with Gasteiger partial charge in [-0.3, -0.25) is 4.79 Å². The van der Waals surface area contributed by atoms with Crippen molar-refractivity contribution in [1.29, 1.82) is 0 Å². The maximum Gasteiger partial charge on any atom is 0.323 e. The van der Waals surface area contributed by atoms with Gasteiger partial charge in [-0.15, -0.1) is 0 Å². The number of rotatable bonds is 3. The SMILES string of the molecule is Cc1cc(NC(=O)c2ccc([N+](=O)[O-])n2C)cnc1Br. The van der Waals surface area contributed by atoms with Crippen molar-refractivity contribution in [2.24, 2.45) is 7.05 Å². The molecule has 0 saturated heterocycles. The van der Waals surface area contributed by atoms with Crippen molar-refractivity contribution in [3.05, 3.63) is 50.4 Å². The molecule has 2 rings (SSSR count). The van der Waals surface area contributed by atoms with E-state index in [1.165, 1.54) is 29.9 Å². The van der Waals surface area contributed by atoms with E-state index in [0.29, 0.717) is 10.3 Å². The maximum atomic E-state index is 12.1. The molecular formula is C12H11BrN4O3. The molecule has 104 valence electrons. The number of nitro groups is 1. The molecule has 0 radical (unpaired) electrons. The standard InChI is InChI=1S/C12H11BrN4O3/c1-7-5-8(6-14-11(7)13)15-12(18)9-3-4-10(16(9)2)17(19)20/h3-6H,1-2H3,(H,15,18). The molecule has 2 heterocycles. The van der Waals surface area contributed by atoms with E-state index >= 15 is 0 Å². The van der Waals surface area contributed by atoms with Crippen molar-refractivity contribution in [2.75, 3.05) is 5.32 Å². The Morgan fingerprint density at radius 2 is 2.20 bits per heavy atom. The van der Waals surface area contributed by atoms with Crippen LogP contribution in [0.1, 0.15) is 16.1 Å². The van der Waals surface area contributed by atoms with E-state index in [1.807, 2.05) is 6.92 Å². The van der Waals surface area contributed by atoms with Crippen LogP contribution in [0.4, 0.5) is 11.5 Å². The van der Waals surface area contributed by atoms with Gasteiger partial charge in [0.05, 0.1) is 18.9 Å². The molecule has 0 aliphatic heterocycles. The monoisotopic (exact) mass is 338 g/mol. The van der Waals surface area contributed by atoms with Gasteiger partial charge in [-0.05, 0) is 45.5 Å². The van der Waals surface area contributed by atoms with E-state index in [1.54, 1.807) is 6.07 Å². The summed E-state index contributed by atoms with van der Waals surface area (Å²) in [6.45, 7) is 1.85. The van der Waals surface area contributed by atoms with Crippen LogP contribution in [0.5, 0.6) is 0 Å². The average molecular weight is 339 g/mol. The summed E-state index contributed by atoms with van der Waals surface area (Å²) in [4.78, 5) is 26.3. The van der Waals surface area contributed by atoms with E-state index in [9.17, 15) is 14.9 Å². The van der Waals surface area contributed by atoms with E-state index < -0.39 is 10.8 Å². The van der Waals surface area contributed by atoms with Gasteiger partial charge in [-0.25, -0.2) is 9.55 Å². The number of carbonyl (C=O) groups excluding carboxylic acids is 1. The molecule has 0 unspecified atom stereocenters. The van der Waals surface area contributed by atoms with Gasteiger partial charge in [-0.2, -0.15) is 0 Å². The molecule has 8 heteroatoms. The summed E-state index contributed by atoms with van der Waals surface area (Å²) in [5, 5.41) is 13.4. The van der Waals surface area contributed by atoms with Crippen LogP contribution in [0.15, 0.2) is 29.0 Å². The zero-order chi connectivity index (χ0) is 14.9. The van der Waals surface area contributed by atoms with Crippen LogP contribution in [-0.4, -0.2) is 20.4 Å². The quantitative estimate of drug-likeness (QED) is 0.529. The van der Waals surface area contributed by atoms with E-state index in [2.05, 4.69) is 26.2 Å². The first-order valence-corrected chi connectivity index (χ1v) is 6.43. The van der Waals surface area contributed by atoms with Gasteiger partial charge in [0.1, 0.15) is 4.60 Å². The summed E-state index contributed by atoms with van der Waals surface area (Å²) >= 11 is 3.27. The van der Waals surface area contributed by atoms with Crippen molar-refractivity contribution >= 4 is 33.3 Å². The second-order valence-electron chi connectivity index (χ2n) is 4.18. The predicted molar refractivity (Wildman–Crippen MR) is 76.7 cm³/mol. The highest BCUT2D eigenvalue weighted by Crippen LogP contribution is 2.19. The van der Waals surface area contributed by atoms with E-state index in [0.717, 1.165) is 5.56 Å². The zero-order valence-corrected chi connectivity index (χ0v) is 12.3. The number of aryl methyl sites for hydroxylation is 1. The second kappa shape index (κ2) is 5.41. The Hall–Kier alpha value is -2.22. The predicted octanol–water partition coefficient (Wildman–Crippen LogP) is 2.65. The molecule has 2 aromatic rings. The topological polar surface area (TPSA) is 90.1 Å². The summed E-state index contributed by atoms with van der Waals surface area (Å²) in [6, 6.07) is 4.46. The number of hydrogen-bond acceptors (Lipinski definition) is 4. The first-order valence-electron chi connectivity index (χ1n) is 5.63. The Morgan fingerprint density at radius 1 is 1.50 bits per heavy atom. The molecular weight excluding hydrogens is 328 g/mol. The minimum atomic E-state index is -0.540. The second-order valence-corrected chi connectivity index (χ2v) is 4.93. The number of pyridine rings is 1. The molecule has 0 fully saturated rings. The minimum Gasteiger partial charge on any atom is -0.358 e. The van der Waals surface area contributed by atoms with Crippen LogP contribution >= 0.6 is 15.9 Å². The third-order valence-electron chi connectivity index (χ3n) is 2.79. The molecule has 0 aliphatic carbocycles. The fourth-order valence-corrected chi connectivity index (χ4v) is 1.95. The lowest BCUT2D eigenvalue weighted by molar-refractivity contribution is -0.391. The molecule has 7 nitrogen and oxygen atoms in total. The highest BCUT2D eigenvalue weighted by atomic mass is 79.9. The number of nitrogens with zero attached hydrogens (tertiary/aromatic N) is 3.